The van der Waals surface area contributed by atoms with Crippen LogP contribution in [0.2, 0.25) is 0 Å². The topological polar surface area (TPSA) is 38.0 Å². The number of unbranched alkanes of at least 4 members (excludes halogenated alkanes) is 1. The summed E-state index contributed by atoms with van der Waals surface area (Å²) in [6, 6.07) is 8.84. The van der Waals surface area contributed by atoms with Crippen molar-refractivity contribution in [3.63, 3.8) is 0 Å². The lowest BCUT2D eigenvalue weighted by molar-refractivity contribution is 0.502. The van der Waals surface area contributed by atoms with Crippen molar-refractivity contribution in [3.8, 4) is 12.3 Å². The first-order valence-corrected chi connectivity index (χ1v) is 6.18. The lowest BCUT2D eigenvalue weighted by atomic mass is 9.97. The smallest absolute Gasteiger partial charge is 0.0460 e. The average Bonchev–Trinajstić information content (AvgIpc) is 2.35. The summed E-state index contributed by atoms with van der Waals surface area (Å²) in [7, 11) is 0. The van der Waals surface area contributed by atoms with Crippen molar-refractivity contribution in [3.05, 3.63) is 35.4 Å². The minimum absolute atomic E-state index is 0.199. The summed E-state index contributed by atoms with van der Waals surface area (Å²) in [5.74, 6) is 8.80. The maximum Gasteiger partial charge on any atom is 0.0460 e. The summed E-state index contributed by atoms with van der Waals surface area (Å²) in [4.78, 5) is 0. The molecule has 1 unspecified atom stereocenters. The molecule has 1 rings (SSSR count). The molecule has 0 radical (unpaired) electrons. The van der Waals surface area contributed by atoms with E-state index in [1.807, 2.05) is 0 Å². The predicted octanol–water partition coefficient (Wildman–Crippen LogP) is 3.12. The maximum absolute atomic E-state index is 5.58. The van der Waals surface area contributed by atoms with Gasteiger partial charge in [-0.3, -0.25) is 11.3 Å². The first-order valence-electron chi connectivity index (χ1n) is 6.18. The molecule has 0 spiro atoms. The number of nitrogens with one attached hydrogen (secondary N) is 1. The monoisotopic (exact) mass is 230 g/mol. The van der Waals surface area contributed by atoms with Crippen LogP contribution in [-0.2, 0) is 0 Å². The van der Waals surface area contributed by atoms with Gasteiger partial charge in [-0.25, -0.2) is 0 Å². The molecule has 1 aromatic rings. The molecular weight excluding hydrogens is 208 g/mol. The zero-order valence-electron chi connectivity index (χ0n) is 10.7. The van der Waals surface area contributed by atoms with Gasteiger partial charge in [0.05, 0.1) is 0 Å². The van der Waals surface area contributed by atoms with Crippen molar-refractivity contribution in [2.75, 3.05) is 0 Å². The largest absolute Gasteiger partial charge is 0.271 e. The van der Waals surface area contributed by atoms with Gasteiger partial charge in [-0.15, -0.1) is 12.3 Å². The standard InChI is InChI=1S/C15H22N2/c1-4-5-6-7-15(17-16)14-10-8-13(9-11-14)12(2)3/h1,8-12,15,17H,5-7,16H2,2-3H3. The fourth-order valence-electron chi connectivity index (χ4n) is 1.87. The van der Waals surface area contributed by atoms with Crippen LogP contribution in [0.4, 0.5) is 0 Å². The van der Waals surface area contributed by atoms with E-state index >= 15 is 0 Å². The van der Waals surface area contributed by atoms with Gasteiger partial charge < -0.3 is 0 Å². The summed E-state index contributed by atoms with van der Waals surface area (Å²) in [6.07, 6.45) is 8.03. The molecule has 2 nitrogen and oxygen atoms in total. The molecule has 1 aromatic carbocycles. The van der Waals surface area contributed by atoms with E-state index in [-0.39, 0.29) is 6.04 Å². The maximum atomic E-state index is 5.58. The number of hydrogen-bond acceptors (Lipinski definition) is 2. The Hall–Kier alpha value is -1.30. The van der Waals surface area contributed by atoms with Gasteiger partial charge in [-0.1, -0.05) is 38.1 Å². The number of nitrogens with two attached hydrogens (primary N) is 1. The van der Waals surface area contributed by atoms with E-state index in [9.17, 15) is 0 Å². The van der Waals surface area contributed by atoms with Crippen molar-refractivity contribution in [1.82, 2.24) is 5.43 Å². The van der Waals surface area contributed by atoms with Gasteiger partial charge in [-0.2, -0.15) is 0 Å². The molecule has 92 valence electrons. The fraction of sp³-hybridized carbons (Fsp3) is 0.467. The SMILES string of the molecule is C#CCCCC(NN)c1ccc(C(C)C)cc1. The van der Waals surface area contributed by atoms with Crippen LogP contribution in [0, 0.1) is 12.3 Å². The summed E-state index contributed by atoms with van der Waals surface area (Å²) < 4.78 is 0. The van der Waals surface area contributed by atoms with E-state index in [2.05, 4.69) is 49.5 Å². The van der Waals surface area contributed by atoms with Crippen molar-refractivity contribution >= 4 is 0 Å². The third-order valence-electron chi connectivity index (χ3n) is 3.02. The summed E-state index contributed by atoms with van der Waals surface area (Å²) >= 11 is 0. The second-order valence-electron chi connectivity index (χ2n) is 4.64. The van der Waals surface area contributed by atoms with Gasteiger partial charge in [0.2, 0.25) is 0 Å². The quantitative estimate of drug-likeness (QED) is 0.341. The number of rotatable bonds is 6. The van der Waals surface area contributed by atoms with Crippen molar-refractivity contribution in [2.45, 2.75) is 45.1 Å². The van der Waals surface area contributed by atoms with E-state index in [1.165, 1.54) is 11.1 Å². The van der Waals surface area contributed by atoms with Crippen LogP contribution in [0.5, 0.6) is 0 Å². The molecule has 0 saturated heterocycles. The molecular formula is C15H22N2. The van der Waals surface area contributed by atoms with Crippen LogP contribution in [0.3, 0.4) is 0 Å². The highest BCUT2D eigenvalue weighted by atomic mass is 15.2. The number of terminal acetylenes is 1. The highest BCUT2D eigenvalue weighted by Crippen LogP contribution is 2.21. The molecule has 17 heavy (non-hydrogen) atoms. The fourth-order valence-corrected chi connectivity index (χ4v) is 1.87. The van der Waals surface area contributed by atoms with Crippen LogP contribution >= 0.6 is 0 Å². The number of hydrazine groups is 1. The first-order chi connectivity index (χ1) is 8.19. The van der Waals surface area contributed by atoms with E-state index in [0.717, 1.165) is 19.3 Å². The number of hydrogen-bond donors (Lipinski definition) is 2. The summed E-state index contributed by atoms with van der Waals surface area (Å²) in [5, 5.41) is 0. The molecule has 0 aliphatic rings. The molecule has 0 aromatic heterocycles. The van der Waals surface area contributed by atoms with Crippen LogP contribution in [0.1, 0.15) is 56.2 Å². The average molecular weight is 230 g/mol. The minimum Gasteiger partial charge on any atom is -0.271 e. The minimum atomic E-state index is 0.199. The normalized spacial score (nSPS) is 12.4. The van der Waals surface area contributed by atoms with Crippen LogP contribution < -0.4 is 11.3 Å². The Morgan fingerprint density at radius 2 is 1.82 bits per heavy atom. The van der Waals surface area contributed by atoms with Gasteiger partial charge in [0.15, 0.2) is 0 Å². The van der Waals surface area contributed by atoms with Gasteiger partial charge in [0, 0.05) is 12.5 Å². The highest BCUT2D eigenvalue weighted by Gasteiger charge is 2.09. The molecule has 0 aliphatic carbocycles. The van der Waals surface area contributed by atoms with Gasteiger partial charge >= 0.3 is 0 Å². The Kier molecular flexibility index (Phi) is 5.76. The van der Waals surface area contributed by atoms with E-state index < -0.39 is 0 Å². The lowest BCUT2D eigenvalue weighted by Crippen LogP contribution is -2.27. The number of benzene rings is 1. The van der Waals surface area contributed by atoms with Gasteiger partial charge in [0.25, 0.3) is 0 Å². The van der Waals surface area contributed by atoms with Crippen molar-refractivity contribution in [2.24, 2.45) is 5.84 Å². The molecule has 0 amide bonds. The van der Waals surface area contributed by atoms with Crippen molar-refractivity contribution < 1.29 is 0 Å². The molecule has 1 atom stereocenters. The summed E-state index contributed by atoms with van der Waals surface area (Å²) in [5.41, 5.74) is 5.44. The zero-order valence-corrected chi connectivity index (χ0v) is 10.7. The molecule has 0 heterocycles. The Morgan fingerprint density at radius 3 is 2.29 bits per heavy atom. The first kappa shape index (κ1) is 13.8. The van der Waals surface area contributed by atoms with Crippen LogP contribution in [0.25, 0.3) is 0 Å². The zero-order chi connectivity index (χ0) is 12.7. The van der Waals surface area contributed by atoms with E-state index in [4.69, 9.17) is 12.3 Å². The Labute approximate surface area is 105 Å². The predicted molar refractivity (Wildman–Crippen MR) is 73.3 cm³/mol. The van der Waals surface area contributed by atoms with E-state index in [1.54, 1.807) is 0 Å². The molecule has 0 saturated carbocycles. The van der Waals surface area contributed by atoms with Crippen LogP contribution in [-0.4, -0.2) is 0 Å². The molecule has 3 N–H and O–H groups in total. The Balaban J connectivity index is 2.65. The second-order valence-corrected chi connectivity index (χ2v) is 4.64. The highest BCUT2D eigenvalue weighted by molar-refractivity contribution is 5.26. The second kappa shape index (κ2) is 7.11. The van der Waals surface area contributed by atoms with E-state index in [0.29, 0.717) is 5.92 Å². The Morgan fingerprint density at radius 1 is 1.24 bits per heavy atom. The third-order valence-corrected chi connectivity index (χ3v) is 3.02. The van der Waals surface area contributed by atoms with Crippen LogP contribution in [0.15, 0.2) is 24.3 Å². The van der Waals surface area contributed by atoms with Gasteiger partial charge in [-0.05, 0) is 29.9 Å². The molecule has 0 bridgehead atoms. The lowest BCUT2D eigenvalue weighted by Gasteiger charge is -2.16. The molecule has 0 aliphatic heterocycles. The van der Waals surface area contributed by atoms with Gasteiger partial charge in [0.1, 0.15) is 0 Å². The Bertz CT molecular complexity index is 360. The summed E-state index contributed by atoms with van der Waals surface area (Å²) in [6.45, 7) is 4.39. The van der Waals surface area contributed by atoms with Crippen molar-refractivity contribution in [1.29, 1.82) is 0 Å². The molecule has 2 heteroatoms. The third kappa shape index (κ3) is 4.22. The molecule has 0 fully saturated rings.